The van der Waals surface area contributed by atoms with Gasteiger partial charge in [0.1, 0.15) is 0 Å². The average Bonchev–Trinajstić information content (AvgIpc) is 2.33. The van der Waals surface area contributed by atoms with E-state index in [4.69, 9.17) is 0 Å². The van der Waals surface area contributed by atoms with Gasteiger partial charge in [0.15, 0.2) is 0 Å². The summed E-state index contributed by atoms with van der Waals surface area (Å²) in [5, 5.41) is 3.53. The molecule has 1 N–H and O–H groups in total. The Morgan fingerprint density at radius 1 is 1.16 bits per heavy atom. The van der Waals surface area contributed by atoms with Crippen LogP contribution in [0.5, 0.6) is 0 Å². The highest BCUT2D eigenvalue weighted by atomic mass is 15.1. The summed E-state index contributed by atoms with van der Waals surface area (Å²) < 4.78 is 0. The third-order valence-corrected chi connectivity index (χ3v) is 3.03. The van der Waals surface area contributed by atoms with E-state index in [1.165, 1.54) is 19.3 Å². The number of pyridine rings is 1. The molecule has 0 atom stereocenters. The molecule has 19 heavy (non-hydrogen) atoms. The van der Waals surface area contributed by atoms with E-state index in [1.807, 2.05) is 18.3 Å². The van der Waals surface area contributed by atoms with Gasteiger partial charge in [-0.05, 0) is 65.9 Å². The molecule has 0 fully saturated rings. The first-order valence-electron chi connectivity index (χ1n) is 7.31. The van der Waals surface area contributed by atoms with Crippen molar-refractivity contribution in [3.8, 4) is 0 Å². The molecule has 0 unspecified atom stereocenters. The number of nitrogens with zero attached hydrogens (tertiary/aromatic N) is 2. The highest BCUT2D eigenvalue weighted by Gasteiger charge is 2.07. The fourth-order valence-electron chi connectivity index (χ4n) is 1.99. The second kappa shape index (κ2) is 8.28. The largest absolute Gasteiger partial charge is 0.312 e. The van der Waals surface area contributed by atoms with E-state index in [0.717, 1.165) is 25.3 Å². The summed E-state index contributed by atoms with van der Waals surface area (Å²) in [5.74, 6) is 0. The predicted octanol–water partition coefficient (Wildman–Crippen LogP) is 3.07. The molecule has 108 valence electrons. The third-order valence-electron chi connectivity index (χ3n) is 3.03. The number of aromatic nitrogens is 1. The lowest BCUT2D eigenvalue weighted by atomic mass is 10.1. The van der Waals surface area contributed by atoms with E-state index in [0.29, 0.717) is 0 Å². The fraction of sp³-hybridized carbons (Fsp3) is 0.688. The first-order valence-corrected chi connectivity index (χ1v) is 7.31. The summed E-state index contributed by atoms with van der Waals surface area (Å²) in [5.41, 5.74) is 1.40. The lowest BCUT2D eigenvalue weighted by Crippen LogP contribution is -2.36. The number of hydrogen-bond acceptors (Lipinski definition) is 3. The van der Waals surface area contributed by atoms with Gasteiger partial charge >= 0.3 is 0 Å². The molecular formula is C16H29N3. The van der Waals surface area contributed by atoms with Crippen molar-refractivity contribution in [1.82, 2.24) is 15.2 Å². The standard InChI is InChI=1S/C16H29N3/c1-16(2,3)18-12-7-5-9-13-19(4)14-15-10-6-8-11-17-15/h6,8,10-11,18H,5,7,9,12-14H2,1-4H3. The summed E-state index contributed by atoms with van der Waals surface area (Å²) in [6, 6.07) is 6.10. The third kappa shape index (κ3) is 8.73. The van der Waals surface area contributed by atoms with Crippen LogP contribution in [0.25, 0.3) is 0 Å². The minimum Gasteiger partial charge on any atom is -0.312 e. The zero-order valence-corrected chi connectivity index (χ0v) is 12.9. The van der Waals surface area contributed by atoms with Gasteiger partial charge < -0.3 is 10.2 Å². The van der Waals surface area contributed by atoms with E-state index in [2.05, 4.69) is 49.1 Å². The van der Waals surface area contributed by atoms with Gasteiger partial charge in [-0.1, -0.05) is 12.5 Å². The van der Waals surface area contributed by atoms with Crippen LogP contribution >= 0.6 is 0 Å². The lowest BCUT2D eigenvalue weighted by Gasteiger charge is -2.20. The second-order valence-electron chi connectivity index (χ2n) is 6.30. The smallest absolute Gasteiger partial charge is 0.0543 e. The monoisotopic (exact) mass is 263 g/mol. The number of hydrogen-bond donors (Lipinski definition) is 1. The second-order valence-corrected chi connectivity index (χ2v) is 6.30. The van der Waals surface area contributed by atoms with Crippen molar-refractivity contribution in [3.05, 3.63) is 30.1 Å². The maximum absolute atomic E-state index is 4.35. The van der Waals surface area contributed by atoms with Gasteiger partial charge in [-0.15, -0.1) is 0 Å². The van der Waals surface area contributed by atoms with Gasteiger partial charge in [0, 0.05) is 18.3 Å². The summed E-state index contributed by atoms with van der Waals surface area (Å²) in [7, 11) is 2.17. The summed E-state index contributed by atoms with van der Waals surface area (Å²) >= 11 is 0. The molecule has 0 aliphatic heterocycles. The molecular weight excluding hydrogens is 234 g/mol. The van der Waals surface area contributed by atoms with Crippen molar-refractivity contribution in [2.24, 2.45) is 0 Å². The van der Waals surface area contributed by atoms with Crippen LogP contribution in [0.1, 0.15) is 45.7 Å². The molecule has 0 aliphatic rings. The molecule has 0 bridgehead atoms. The number of rotatable bonds is 8. The first kappa shape index (κ1) is 16.1. The van der Waals surface area contributed by atoms with Crippen LogP contribution in [0.15, 0.2) is 24.4 Å². The van der Waals surface area contributed by atoms with Gasteiger partial charge in [-0.3, -0.25) is 4.98 Å². The van der Waals surface area contributed by atoms with Crippen molar-refractivity contribution in [2.75, 3.05) is 20.1 Å². The Kier molecular flexibility index (Phi) is 7.03. The van der Waals surface area contributed by atoms with Crippen molar-refractivity contribution in [2.45, 2.75) is 52.1 Å². The number of nitrogens with one attached hydrogen (secondary N) is 1. The van der Waals surface area contributed by atoms with Crippen molar-refractivity contribution in [3.63, 3.8) is 0 Å². The molecule has 1 heterocycles. The maximum atomic E-state index is 4.35. The molecule has 0 radical (unpaired) electrons. The molecule has 3 nitrogen and oxygen atoms in total. The van der Waals surface area contributed by atoms with Gasteiger partial charge in [-0.25, -0.2) is 0 Å². The lowest BCUT2D eigenvalue weighted by molar-refractivity contribution is 0.311. The predicted molar refractivity (Wildman–Crippen MR) is 82.2 cm³/mol. The van der Waals surface area contributed by atoms with Crippen molar-refractivity contribution >= 4 is 0 Å². The van der Waals surface area contributed by atoms with Crippen LogP contribution in [-0.4, -0.2) is 35.6 Å². The molecule has 0 saturated heterocycles. The fourth-order valence-corrected chi connectivity index (χ4v) is 1.99. The Balaban J connectivity index is 2.03. The van der Waals surface area contributed by atoms with Crippen molar-refractivity contribution in [1.29, 1.82) is 0 Å². The number of unbranched alkanes of at least 4 members (excludes halogenated alkanes) is 2. The molecule has 1 aromatic heterocycles. The maximum Gasteiger partial charge on any atom is 0.0543 e. The SMILES string of the molecule is CN(CCCCCNC(C)(C)C)Cc1ccccn1. The van der Waals surface area contributed by atoms with Crippen LogP contribution in [0.2, 0.25) is 0 Å². The van der Waals surface area contributed by atoms with E-state index in [9.17, 15) is 0 Å². The zero-order chi connectivity index (χ0) is 14.1. The van der Waals surface area contributed by atoms with E-state index >= 15 is 0 Å². The summed E-state index contributed by atoms with van der Waals surface area (Å²) in [4.78, 5) is 6.70. The normalized spacial score (nSPS) is 12.1. The van der Waals surface area contributed by atoms with Crippen LogP contribution in [0, 0.1) is 0 Å². The topological polar surface area (TPSA) is 28.2 Å². The Morgan fingerprint density at radius 3 is 2.58 bits per heavy atom. The first-order chi connectivity index (χ1) is 8.97. The molecule has 0 amide bonds. The Morgan fingerprint density at radius 2 is 1.95 bits per heavy atom. The highest BCUT2D eigenvalue weighted by Crippen LogP contribution is 2.03. The zero-order valence-electron chi connectivity index (χ0n) is 12.9. The van der Waals surface area contributed by atoms with Crippen LogP contribution in [0.4, 0.5) is 0 Å². The minimum atomic E-state index is 0.246. The van der Waals surface area contributed by atoms with Gasteiger partial charge in [-0.2, -0.15) is 0 Å². The molecule has 0 spiro atoms. The van der Waals surface area contributed by atoms with Crippen molar-refractivity contribution < 1.29 is 0 Å². The molecule has 1 rings (SSSR count). The van der Waals surface area contributed by atoms with Gasteiger partial charge in [0.05, 0.1) is 5.69 Å². The van der Waals surface area contributed by atoms with Gasteiger partial charge in [0.25, 0.3) is 0 Å². The van der Waals surface area contributed by atoms with E-state index in [-0.39, 0.29) is 5.54 Å². The molecule has 0 aromatic carbocycles. The molecule has 3 heteroatoms. The minimum absolute atomic E-state index is 0.246. The molecule has 1 aromatic rings. The quantitative estimate of drug-likeness (QED) is 0.731. The van der Waals surface area contributed by atoms with Crippen LogP contribution < -0.4 is 5.32 Å². The van der Waals surface area contributed by atoms with E-state index in [1.54, 1.807) is 0 Å². The van der Waals surface area contributed by atoms with E-state index < -0.39 is 0 Å². The Labute approximate surface area is 118 Å². The summed E-state index contributed by atoms with van der Waals surface area (Å²) in [6.45, 7) is 9.86. The van der Waals surface area contributed by atoms with Crippen LogP contribution in [0.3, 0.4) is 0 Å². The summed E-state index contributed by atoms with van der Waals surface area (Å²) in [6.07, 6.45) is 5.67. The average molecular weight is 263 g/mol. The Bertz CT molecular complexity index is 330. The van der Waals surface area contributed by atoms with Gasteiger partial charge in [0.2, 0.25) is 0 Å². The Hall–Kier alpha value is -0.930. The highest BCUT2D eigenvalue weighted by molar-refractivity contribution is 5.02. The molecule has 0 saturated carbocycles. The molecule has 0 aliphatic carbocycles. The van der Waals surface area contributed by atoms with Crippen LogP contribution in [-0.2, 0) is 6.54 Å².